The number of nitrogen functional groups attached to an aromatic ring is 1. The van der Waals surface area contributed by atoms with Crippen molar-refractivity contribution < 1.29 is 0 Å². The first-order valence-corrected chi connectivity index (χ1v) is 5.49. The summed E-state index contributed by atoms with van der Waals surface area (Å²) in [5.41, 5.74) is 7.90. The van der Waals surface area contributed by atoms with Crippen LogP contribution in [0, 0.1) is 12.8 Å². The third-order valence-electron chi connectivity index (χ3n) is 3.18. The minimum atomic E-state index is 0. The Balaban J connectivity index is 0.00000128. The third kappa shape index (κ3) is 2.62. The maximum atomic E-state index is 5.61. The molecule has 16 heavy (non-hydrogen) atoms. The monoisotopic (exact) mass is 242 g/mol. The summed E-state index contributed by atoms with van der Waals surface area (Å²) in [6.07, 6.45) is 1.14. The van der Waals surface area contributed by atoms with Gasteiger partial charge in [0.15, 0.2) is 0 Å². The molecule has 0 amide bonds. The van der Waals surface area contributed by atoms with Crippen LogP contribution in [0.2, 0.25) is 0 Å². The molecule has 0 saturated carbocycles. The molecule has 2 heterocycles. The van der Waals surface area contributed by atoms with Crippen molar-refractivity contribution in [2.75, 3.05) is 18.8 Å². The van der Waals surface area contributed by atoms with Gasteiger partial charge in [-0.05, 0) is 44.0 Å². The Hall–Kier alpha value is -0.870. The number of aromatic nitrogens is 2. The van der Waals surface area contributed by atoms with Crippen LogP contribution in [0.15, 0.2) is 6.07 Å². The first-order chi connectivity index (χ1) is 7.18. The molecule has 0 bridgehead atoms. The summed E-state index contributed by atoms with van der Waals surface area (Å²) in [5.74, 6) is 1.66. The maximum Gasteiger partial charge on any atom is 0.146 e. The number of nitrogens with two attached hydrogens (primary N) is 1. The summed E-state index contributed by atoms with van der Waals surface area (Å²) in [6.45, 7) is 6.46. The zero-order valence-corrected chi connectivity index (χ0v) is 10.5. The molecule has 2 rings (SSSR count). The highest BCUT2D eigenvalue weighted by molar-refractivity contribution is 5.85. The number of nitrogens with zero attached hydrogens (tertiary/aromatic N) is 2. The van der Waals surface area contributed by atoms with E-state index in [9.17, 15) is 0 Å². The van der Waals surface area contributed by atoms with Gasteiger partial charge in [0.05, 0.1) is 5.69 Å². The van der Waals surface area contributed by atoms with Gasteiger partial charge < -0.3 is 11.1 Å². The van der Waals surface area contributed by atoms with Gasteiger partial charge in [0, 0.05) is 5.92 Å². The van der Waals surface area contributed by atoms with Gasteiger partial charge in [0.25, 0.3) is 0 Å². The van der Waals surface area contributed by atoms with E-state index in [0.29, 0.717) is 17.7 Å². The van der Waals surface area contributed by atoms with E-state index in [2.05, 4.69) is 29.4 Å². The number of nitrogens with one attached hydrogen (secondary N) is 1. The van der Waals surface area contributed by atoms with Crippen LogP contribution < -0.4 is 11.1 Å². The highest BCUT2D eigenvalue weighted by Gasteiger charge is 2.25. The lowest BCUT2D eigenvalue weighted by Gasteiger charge is -2.29. The summed E-state index contributed by atoms with van der Waals surface area (Å²) in [6, 6.07) is 1.91. The number of hydrogen-bond acceptors (Lipinski definition) is 4. The Morgan fingerprint density at radius 1 is 1.44 bits per heavy atom. The Morgan fingerprint density at radius 3 is 2.81 bits per heavy atom. The predicted molar refractivity (Wildman–Crippen MR) is 67.8 cm³/mol. The van der Waals surface area contributed by atoms with Crippen molar-refractivity contribution in [2.45, 2.75) is 26.2 Å². The Kier molecular flexibility index (Phi) is 4.50. The molecule has 5 heteroatoms. The van der Waals surface area contributed by atoms with Gasteiger partial charge in [-0.2, -0.15) is 5.10 Å². The van der Waals surface area contributed by atoms with Crippen molar-refractivity contribution in [3.63, 3.8) is 0 Å². The van der Waals surface area contributed by atoms with Gasteiger partial charge in [0.1, 0.15) is 5.82 Å². The SMILES string of the molecule is Cc1cc(N)nnc1C1CCNCC1C.Cl. The lowest BCUT2D eigenvalue weighted by atomic mass is 9.84. The number of anilines is 1. The van der Waals surface area contributed by atoms with E-state index < -0.39 is 0 Å². The summed E-state index contributed by atoms with van der Waals surface area (Å²) in [4.78, 5) is 0. The fourth-order valence-electron chi connectivity index (χ4n) is 2.30. The van der Waals surface area contributed by atoms with E-state index in [1.807, 2.05) is 6.07 Å². The summed E-state index contributed by atoms with van der Waals surface area (Å²) in [7, 11) is 0. The van der Waals surface area contributed by atoms with E-state index in [0.717, 1.165) is 25.2 Å². The van der Waals surface area contributed by atoms with Crippen LogP contribution in [-0.2, 0) is 0 Å². The fraction of sp³-hybridized carbons (Fsp3) is 0.636. The number of aryl methyl sites for hydroxylation is 1. The van der Waals surface area contributed by atoms with Crippen molar-refractivity contribution in [3.8, 4) is 0 Å². The topological polar surface area (TPSA) is 63.8 Å². The van der Waals surface area contributed by atoms with Crippen molar-refractivity contribution in [3.05, 3.63) is 17.3 Å². The van der Waals surface area contributed by atoms with Crippen LogP contribution in [0.4, 0.5) is 5.82 Å². The molecule has 4 nitrogen and oxygen atoms in total. The van der Waals surface area contributed by atoms with E-state index in [1.54, 1.807) is 0 Å². The van der Waals surface area contributed by atoms with E-state index in [1.165, 1.54) is 5.56 Å². The molecular weight excluding hydrogens is 224 g/mol. The molecule has 3 N–H and O–H groups in total. The standard InChI is InChI=1S/C11H18N4.ClH/c1-7-5-10(12)14-15-11(7)9-3-4-13-6-8(9)2;/h5,8-9,13H,3-4,6H2,1-2H3,(H2,12,14);1H. The molecule has 90 valence electrons. The first kappa shape index (κ1) is 13.2. The van der Waals surface area contributed by atoms with Crippen LogP contribution in [0.1, 0.15) is 30.5 Å². The maximum absolute atomic E-state index is 5.61. The Morgan fingerprint density at radius 2 is 2.19 bits per heavy atom. The second-order valence-corrected chi connectivity index (χ2v) is 4.41. The molecule has 1 aromatic rings. The zero-order valence-electron chi connectivity index (χ0n) is 9.73. The molecule has 1 aromatic heterocycles. The van der Waals surface area contributed by atoms with Crippen LogP contribution >= 0.6 is 12.4 Å². The van der Waals surface area contributed by atoms with Crippen LogP contribution in [0.5, 0.6) is 0 Å². The normalized spacial score (nSPS) is 24.9. The van der Waals surface area contributed by atoms with Gasteiger partial charge >= 0.3 is 0 Å². The fourth-order valence-corrected chi connectivity index (χ4v) is 2.30. The van der Waals surface area contributed by atoms with Gasteiger partial charge in [-0.3, -0.25) is 0 Å². The average Bonchev–Trinajstić information content (AvgIpc) is 2.20. The van der Waals surface area contributed by atoms with Crippen LogP contribution in [0.25, 0.3) is 0 Å². The van der Waals surface area contributed by atoms with Crippen molar-refractivity contribution in [1.29, 1.82) is 0 Å². The predicted octanol–water partition coefficient (Wildman–Crippen LogP) is 1.50. The highest BCUT2D eigenvalue weighted by Crippen LogP contribution is 2.30. The number of piperidine rings is 1. The van der Waals surface area contributed by atoms with Gasteiger partial charge in [-0.25, -0.2) is 0 Å². The molecule has 1 saturated heterocycles. The largest absolute Gasteiger partial charge is 0.382 e. The molecule has 1 fully saturated rings. The summed E-state index contributed by atoms with van der Waals surface area (Å²) < 4.78 is 0. The minimum absolute atomic E-state index is 0. The molecule has 1 aliphatic rings. The number of halogens is 1. The van der Waals surface area contributed by atoms with E-state index >= 15 is 0 Å². The summed E-state index contributed by atoms with van der Waals surface area (Å²) in [5, 5.41) is 11.6. The van der Waals surface area contributed by atoms with Gasteiger partial charge in [-0.1, -0.05) is 6.92 Å². The van der Waals surface area contributed by atoms with Crippen LogP contribution in [0.3, 0.4) is 0 Å². The second-order valence-electron chi connectivity index (χ2n) is 4.41. The molecular formula is C11H19ClN4. The number of rotatable bonds is 1. The van der Waals surface area contributed by atoms with Crippen molar-refractivity contribution in [2.24, 2.45) is 5.92 Å². The first-order valence-electron chi connectivity index (χ1n) is 5.49. The highest BCUT2D eigenvalue weighted by atomic mass is 35.5. The molecule has 2 atom stereocenters. The Bertz CT molecular complexity index is 356. The minimum Gasteiger partial charge on any atom is -0.382 e. The third-order valence-corrected chi connectivity index (χ3v) is 3.18. The van der Waals surface area contributed by atoms with E-state index in [-0.39, 0.29) is 12.4 Å². The average molecular weight is 243 g/mol. The molecule has 0 radical (unpaired) electrons. The zero-order chi connectivity index (χ0) is 10.8. The van der Waals surface area contributed by atoms with Crippen molar-refractivity contribution >= 4 is 18.2 Å². The van der Waals surface area contributed by atoms with Gasteiger partial charge in [0.2, 0.25) is 0 Å². The second kappa shape index (κ2) is 5.46. The van der Waals surface area contributed by atoms with Crippen molar-refractivity contribution in [1.82, 2.24) is 15.5 Å². The molecule has 2 unspecified atom stereocenters. The van der Waals surface area contributed by atoms with Gasteiger partial charge in [-0.15, -0.1) is 17.5 Å². The lowest BCUT2D eigenvalue weighted by molar-refractivity contribution is 0.341. The smallest absolute Gasteiger partial charge is 0.146 e. The number of hydrogen-bond donors (Lipinski definition) is 2. The van der Waals surface area contributed by atoms with E-state index in [4.69, 9.17) is 5.73 Å². The summed E-state index contributed by atoms with van der Waals surface area (Å²) >= 11 is 0. The lowest BCUT2D eigenvalue weighted by Crippen LogP contribution is -2.34. The Labute approximate surface area is 102 Å². The van der Waals surface area contributed by atoms with Crippen LogP contribution in [-0.4, -0.2) is 23.3 Å². The quantitative estimate of drug-likeness (QED) is 0.784. The molecule has 0 aromatic carbocycles. The molecule has 0 spiro atoms. The molecule has 0 aliphatic carbocycles. The molecule has 1 aliphatic heterocycles.